The lowest BCUT2D eigenvalue weighted by Crippen LogP contribution is -2.56. The van der Waals surface area contributed by atoms with E-state index in [0.717, 1.165) is 19.6 Å². The zero-order valence-corrected chi connectivity index (χ0v) is 12.2. The lowest BCUT2D eigenvalue weighted by Gasteiger charge is -2.46. The molecule has 0 aromatic heterocycles. The number of nitrogens with zero attached hydrogens (tertiary/aromatic N) is 1. The lowest BCUT2D eigenvalue weighted by atomic mass is 9.72. The molecule has 0 bridgehead atoms. The van der Waals surface area contributed by atoms with Crippen LogP contribution in [0.2, 0.25) is 0 Å². The summed E-state index contributed by atoms with van der Waals surface area (Å²) in [5.41, 5.74) is 6.76. The molecule has 1 saturated carbocycles. The normalized spacial score (nSPS) is 30.5. The first-order valence-corrected chi connectivity index (χ1v) is 6.91. The van der Waals surface area contributed by atoms with Crippen LogP contribution in [-0.2, 0) is 4.74 Å². The highest BCUT2D eigenvalue weighted by atomic mass is 16.5. The van der Waals surface area contributed by atoms with E-state index in [4.69, 9.17) is 10.5 Å². The molecular weight excluding hydrogens is 212 g/mol. The predicted molar refractivity (Wildman–Crippen MR) is 73.1 cm³/mol. The van der Waals surface area contributed by atoms with Crippen molar-refractivity contribution < 1.29 is 4.74 Å². The van der Waals surface area contributed by atoms with E-state index in [-0.39, 0.29) is 0 Å². The minimum absolute atomic E-state index is 0.322. The van der Waals surface area contributed by atoms with E-state index in [2.05, 4.69) is 32.6 Å². The van der Waals surface area contributed by atoms with Gasteiger partial charge in [0, 0.05) is 25.2 Å². The average Bonchev–Trinajstić information content (AvgIpc) is 2.24. The zero-order chi connectivity index (χ0) is 13.1. The van der Waals surface area contributed by atoms with Gasteiger partial charge in [0.1, 0.15) is 0 Å². The van der Waals surface area contributed by atoms with Gasteiger partial charge in [0.25, 0.3) is 0 Å². The minimum atomic E-state index is 0.322. The smallest absolute Gasteiger partial charge is 0.0615 e. The first-order valence-electron chi connectivity index (χ1n) is 6.91. The number of hydrogen-bond donors (Lipinski definition) is 1. The van der Waals surface area contributed by atoms with E-state index >= 15 is 0 Å². The van der Waals surface area contributed by atoms with Gasteiger partial charge in [-0.2, -0.15) is 0 Å². The van der Waals surface area contributed by atoms with Gasteiger partial charge in [-0.1, -0.05) is 20.8 Å². The quantitative estimate of drug-likeness (QED) is 0.803. The van der Waals surface area contributed by atoms with E-state index < -0.39 is 0 Å². The Balaban J connectivity index is 2.71. The van der Waals surface area contributed by atoms with E-state index in [1.807, 2.05) is 0 Å². The molecule has 1 fully saturated rings. The Labute approximate surface area is 107 Å². The molecule has 3 heteroatoms. The number of methoxy groups -OCH3 is 1. The van der Waals surface area contributed by atoms with Gasteiger partial charge >= 0.3 is 0 Å². The standard InChI is InChI=1S/C14H30N2O/c1-6-16(11(2)10-17-5)13-9-14(3,4)8-7-12(13)15/h11-13H,6-10,15H2,1-5H3. The van der Waals surface area contributed by atoms with Crippen molar-refractivity contribution in [3.05, 3.63) is 0 Å². The molecule has 1 rings (SSSR count). The van der Waals surface area contributed by atoms with Gasteiger partial charge in [-0.3, -0.25) is 4.90 Å². The molecular formula is C14H30N2O. The molecule has 102 valence electrons. The molecule has 3 unspecified atom stereocenters. The summed E-state index contributed by atoms with van der Waals surface area (Å²) in [4.78, 5) is 2.52. The highest BCUT2D eigenvalue weighted by Gasteiger charge is 2.37. The Morgan fingerprint density at radius 3 is 2.65 bits per heavy atom. The molecule has 0 radical (unpaired) electrons. The fourth-order valence-corrected chi connectivity index (χ4v) is 3.14. The third kappa shape index (κ3) is 3.94. The Kier molecular flexibility index (Phi) is 5.42. The lowest BCUT2D eigenvalue weighted by molar-refractivity contribution is 0.0246. The van der Waals surface area contributed by atoms with Gasteiger partial charge in [0.2, 0.25) is 0 Å². The van der Waals surface area contributed by atoms with Crippen LogP contribution >= 0.6 is 0 Å². The van der Waals surface area contributed by atoms with Gasteiger partial charge in [0.15, 0.2) is 0 Å². The molecule has 0 aromatic carbocycles. The number of ether oxygens (including phenoxy) is 1. The Morgan fingerprint density at radius 2 is 2.12 bits per heavy atom. The zero-order valence-electron chi connectivity index (χ0n) is 12.2. The fourth-order valence-electron chi connectivity index (χ4n) is 3.14. The van der Waals surface area contributed by atoms with Crippen molar-refractivity contribution in [3.63, 3.8) is 0 Å². The van der Waals surface area contributed by atoms with E-state index in [0.29, 0.717) is 23.5 Å². The van der Waals surface area contributed by atoms with Crippen LogP contribution in [0, 0.1) is 5.41 Å². The number of nitrogens with two attached hydrogens (primary N) is 1. The van der Waals surface area contributed by atoms with Gasteiger partial charge in [-0.05, 0) is 38.1 Å². The summed E-state index contributed by atoms with van der Waals surface area (Å²) in [5, 5.41) is 0. The van der Waals surface area contributed by atoms with E-state index in [9.17, 15) is 0 Å². The predicted octanol–water partition coefficient (Wildman–Crippen LogP) is 2.25. The van der Waals surface area contributed by atoms with Crippen molar-refractivity contribution in [1.29, 1.82) is 0 Å². The summed E-state index contributed by atoms with van der Waals surface area (Å²) in [5.74, 6) is 0. The summed E-state index contributed by atoms with van der Waals surface area (Å²) in [6.07, 6.45) is 3.60. The van der Waals surface area contributed by atoms with Gasteiger partial charge in [-0.25, -0.2) is 0 Å². The largest absolute Gasteiger partial charge is 0.383 e. The van der Waals surface area contributed by atoms with Crippen LogP contribution < -0.4 is 5.73 Å². The maximum absolute atomic E-state index is 6.33. The van der Waals surface area contributed by atoms with Gasteiger partial charge in [-0.15, -0.1) is 0 Å². The average molecular weight is 242 g/mol. The summed E-state index contributed by atoms with van der Waals surface area (Å²) in [6.45, 7) is 11.0. The van der Waals surface area contributed by atoms with Crippen LogP contribution in [0.1, 0.15) is 47.0 Å². The molecule has 3 nitrogen and oxygen atoms in total. The monoisotopic (exact) mass is 242 g/mol. The summed E-state index contributed by atoms with van der Waals surface area (Å²) in [7, 11) is 1.77. The van der Waals surface area contributed by atoms with Crippen LogP contribution in [0.3, 0.4) is 0 Å². The number of rotatable bonds is 5. The molecule has 0 heterocycles. The molecule has 1 aliphatic carbocycles. The topological polar surface area (TPSA) is 38.5 Å². The van der Waals surface area contributed by atoms with E-state index in [1.165, 1.54) is 12.8 Å². The second kappa shape index (κ2) is 6.17. The third-order valence-corrected chi connectivity index (χ3v) is 4.18. The fraction of sp³-hybridized carbons (Fsp3) is 1.00. The Hall–Kier alpha value is -0.120. The van der Waals surface area contributed by atoms with Gasteiger partial charge < -0.3 is 10.5 Å². The summed E-state index contributed by atoms with van der Waals surface area (Å²) >= 11 is 0. The maximum Gasteiger partial charge on any atom is 0.0615 e. The first kappa shape index (κ1) is 14.9. The second-order valence-electron chi connectivity index (χ2n) is 6.27. The van der Waals surface area contributed by atoms with Crippen LogP contribution in [0.25, 0.3) is 0 Å². The van der Waals surface area contributed by atoms with Crippen LogP contribution in [0.15, 0.2) is 0 Å². The second-order valence-corrected chi connectivity index (χ2v) is 6.27. The molecule has 0 saturated heterocycles. The molecule has 3 atom stereocenters. The highest BCUT2D eigenvalue weighted by molar-refractivity contribution is 4.94. The molecule has 0 aromatic rings. The van der Waals surface area contributed by atoms with Crippen molar-refractivity contribution in [2.45, 2.75) is 65.1 Å². The van der Waals surface area contributed by atoms with Crippen molar-refractivity contribution >= 4 is 0 Å². The van der Waals surface area contributed by atoms with Gasteiger partial charge in [0.05, 0.1) is 6.61 Å². The van der Waals surface area contributed by atoms with Crippen LogP contribution in [-0.4, -0.2) is 43.3 Å². The Morgan fingerprint density at radius 1 is 1.47 bits per heavy atom. The summed E-state index contributed by atoms with van der Waals surface area (Å²) < 4.78 is 5.28. The Bertz CT molecular complexity index is 230. The third-order valence-electron chi connectivity index (χ3n) is 4.18. The maximum atomic E-state index is 6.33. The molecule has 1 aliphatic rings. The van der Waals surface area contributed by atoms with Crippen molar-refractivity contribution in [3.8, 4) is 0 Å². The molecule has 0 aliphatic heterocycles. The van der Waals surface area contributed by atoms with Crippen molar-refractivity contribution in [2.75, 3.05) is 20.3 Å². The number of likely N-dealkylation sites (N-methyl/N-ethyl adjacent to an activating group) is 1. The van der Waals surface area contributed by atoms with Crippen LogP contribution in [0.5, 0.6) is 0 Å². The molecule has 0 amide bonds. The van der Waals surface area contributed by atoms with Crippen LogP contribution in [0.4, 0.5) is 0 Å². The van der Waals surface area contributed by atoms with Crippen molar-refractivity contribution in [2.24, 2.45) is 11.1 Å². The van der Waals surface area contributed by atoms with Crippen molar-refractivity contribution in [1.82, 2.24) is 4.90 Å². The molecule has 2 N–H and O–H groups in total. The molecule has 0 spiro atoms. The van der Waals surface area contributed by atoms with E-state index in [1.54, 1.807) is 7.11 Å². The first-order chi connectivity index (χ1) is 7.91. The highest BCUT2D eigenvalue weighted by Crippen LogP contribution is 2.37. The summed E-state index contributed by atoms with van der Waals surface area (Å²) in [6, 6.07) is 1.28. The number of hydrogen-bond acceptors (Lipinski definition) is 3. The molecule has 17 heavy (non-hydrogen) atoms. The SMILES string of the molecule is CCN(C(C)COC)C1CC(C)(C)CCC1N. The minimum Gasteiger partial charge on any atom is -0.383 e.